The standard InChI is InChI=1S/C12H13N/c1-3-7-11(4-2)10-12-8-5-6-9-13-12/h3-9H,1-2,10H2/b11-7+. The van der Waals surface area contributed by atoms with Crippen molar-refractivity contribution in [1.29, 1.82) is 0 Å². The molecule has 1 heteroatoms. The molecular weight excluding hydrogens is 158 g/mol. The van der Waals surface area contributed by atoms with Gasteiger partial charge in [-0.05, 0) is 17.7 Å². The molecule has 0 fully saturated rings. The first-order valence-corrected chi connectivity index (χ1v) is 4.20. The zero-order valence-corrected chi connectivity index (χ0v) is 7.61. The number of pyridine rings is 1. The molecule has 13 heavy (non-hydrogen) atoms. The van der Waals surface area contributed by atoms with Crippen LogP contribution in [0.1, 0.15) is 5.69 Å². The van der Waals surface area contributed by atoms with Crippen molar-refractivity contribution >= 4 is 0 Å². The van der Waals surface area contributed by atoms with E-state index < -0.39 is 0 Å². The minimum Gasteiger partial charge on any atom is -0.261 e. The highest BCUT2D eigenvalue weighted by molar-refractivity contribution is 5.26. The zero-order chi connectivity index (χ0) is 9.52. The van der Waals surface area contributed by atoms with Gasteiger partial charge in [-0.15, -0.1) is 0 Å². The van der Waals surface area contributed by atoms with Crippen LogP contribution in [0.4, 0.5) is 0 Å². The number of nitrogens with zero attached hydrogens (tertiary/aromatic N) is 1. The Hall–Kier alpha value is -1.63. The lowest BCUT2D eigenvalue weighted by Crippen LogP contribution is -1.90. The summed E-state index contributed by atoms with van der Waals surface area (Å²) in [7, 11) is 0. The molecule has 0 amide bonds. The monoisotopic (exact) mass is 171 g/mol. The summed E-state index contributed by atoms with van der Waals surface area (Å²) >= 11 is 0. The van der Waals surface area contributed by atoms with E-state index >= 15 is 0 Å². The van der Waals surface area contributed by atoms with Gasteiger partial charge in [0.2, 0.25) is 0 Å². The van der Waals surface area contributed by atoms with E-state index in [9.17, 15) is 0 Å². The molecule has 1 aromatic heterocycles. The molecular formula is C12H13N. The van der Waals surface area contributed by atoms with E-state index in [1.807, 2.05) is 30.4 Å². The lowest BCUT2D eigenvalue weighted by Gasteiger charge is -1.99. The third-order valence-electron chi connectivity index (χ3n) is 1.71. The zero-order valence-electron chi connectivity index (χ0n) is 7.61. The summed E-state index contributed by atoms with van der Waals surface area (Å²) in [4.78, 5) is 4.23. The molecule has 1 rings (SSSR count). The SMILES string of the molecule is C=C/C=C(\C=C)Cc1ccccn1. The fraction of sp³-hybridized carbons (Fsp3) is 0.0833. The van der Waals surface area contributed by atoms with Crippen LogP contribution in [0.15, 0.2) is 61.4 Å². The second-order valence-electron chi connectivity index (χ2n) is 2.68. The summed E-state index contributed by atoms with van der Waals surface area (Å²) in [6.07, 6.45) is 8.15. The van der Waals surface area contributed by atoms with Gasteiger partial charge in [-0.25, -0.2) is 0 Å². The van der Waals surface area contributed by atoms with Gasteiger partial charge in [0.05, 0.1) is 0 Å². The predicted molar refractivity (Wildman–Crippen MR) is 56.4 cm³/mol. The van der Waals surface area contributed by atoms with Gasteiger partial charge in [0.15, 0.2) is 0 Å². The molecule has 0 unspecified atom stereocenters. The average Bonchev–Trinajstić information content (AvgIpc) is 2.19. The van der Waals surface area contributed by atoms with Gasteiger partial charge >= 0.3 is 0 Å². The molecule has 1 aromatic rings. The van der Waals surface area contributed by atoms with Crippen LogP contribution in [0.5, 0.6) is 0 Å². The summed E-state index contributed by atoms with van der Waals surface area (Å²) in [6, 6.07) is 5.89. The van der Waals surface area contributed by atoms with Gasteiger partial charge < -0.3 is 0 Å². The highest BCUT2D eigenvalue weighted by Gasteiger charge is 1.94. The quantitative estimate of drug-likeness (QED) is 0.635. The molecule has 0 saturated heterocycles. The molecule has 0 radical (unpaired) electrons. The summed E-state index contributed by atoms with van der Waals surface area (Å²) in [5.74, 6) is 0. The van der Waals surface area contributed by atoms with Crippen LogP contribution in [0.3, 0.4) is 0 Å². The predicted octanol–water partition coefficient (Wildman–Crippen LogP) is 2.92. The molecule has 66 valence electrons. The Balaban J connectivity index is 2.73. The second-order valence-corrected chi connectivity index (χ2v) is 2.68. The molecule has 0 aliphatic rings. The average molecular weight is 171 g/mol. The molecule has 0 aliphatic carbocycles. The number of aromatic nitrogens is 1. The minimum absolute atomic E-state index is 0.816. The van der Waals surface area contributed by atoms with Crippen molar-refractivity contribution in [3.8, 4) is 0 Å². The molecule has 0 bridgehead atoms. The number of hydrogen-bond donors (Lipinski definition) is 0. The number of hydrogen-bond acceptors (Lipinski definition) is 1. The van der Waals surface area contributed by atoms with Gasteiger partial charge in [-0.1, -0.05) is 37.5 Å². The molecule has 1 nitrogen and oxygen atoms in total. The first-order valence-electron chi connectivity index (χ1n) is 4.20. The lowest BCUT2D eigenvalue weighted by molar-refractivity contribution is 1.08. The third-order valence-corrected chi connectivity index (χ3v) is 1.71. The fourth-order valence-electron chi connectivity index (χ4n) is 1.06. The van der Waals surface area contributed by atoms with Gasteiger partial charge in [0.25, 0.3) is 0 Å². The van der Waals surface area contributed by atoms with E-state index in [1.54, 1.807) is 12.3 Å². The van der Waals surface area contributed by atoms with Crippen molar-refractivity contribution in [3.63, 3.8) is 0 Å². The maximum absolute atomic E-state index is 4.23. The van der Waals surface area contributed by atoms with Crippen molar-refractivity contribution in [1.82, 2.24) is 4.98 Å². The topological polar surface area (TPSA) is 12.9 Å². The van der Waals surface area contributed by atoms with E-state index in [1.165, 1.54) is 0 Å². The fourth-order valence-corrected chi connectivity index (χ4v) is 1.06. The van der Waals surface area contributed by atoms with E-state index in [2.05, 4.69) is 18.1 Å². The van der Waals surface area contributed by atoms with Crippen LogP contribution < -0.4 is 0 Å². The van der Waals surface area contributed by atoms with Crippen LogP contribution in [0.25, 0.3) is 0 Å². The largest absolute Gasteiger partial charge is 0.261 e. The smallest absolute Gasteiger partial charge is 0.0447 e. The van der Waals surface area contributed by atoms with Crippen LogP contribution in [-0.4, -0.2) is 4.98 Å². The molecule has 0 spiro atoms. The summed E-state index contributed by atoms with van der Waals surface area (Å²) in [5, 5.41) is 0. The summed E-state index contributed by atoms with van der Waals surface area (Å²) in [5.41, 5.74) is 2.18. The number of rotatable bonds is 4. The van der Waals surface area contributed by atoms with Gasteiger partial charge in [0, 0.05) is 18.3 Å². The Morgan fingerprint density at radius 2 is 2.23 bits per heavy atom. The van der Waals surface area contributed by atoms with E-state index in [-0.39, 0.29) is 0 Å². The Labute approximate surface area is 79.1 Å². The molecule has 0 aromatic carbocycles. The second kappa shape index (κ2) is 5.09. The maximum Gasteiger partial charge on any atom is 0.0447 e. The molecule has 0 atom stereocenters. The summed E-state index contributed by atoms with van der Waals surface area (Å²) in [6.45, 7) is 7.38. The number of allylic oxidation sites excluding steroid dienone is 4. The normalized spacial score (nSPS) is 10.9. The van der Waals surface area contributed by atoms with E-state index in [0.717, 1.165) is 17.7 Å². The van der Waals surface area contributed by atoms with Gasteiger partial charge in [-0.3, -0.25) is 4.98 Å². The van der Waals surface area contributed by atoms with Crippen molar-refractivity contribution in [2.24, 2.45) is 0 Å². The van der Waals surface area contributed by atoms with E-state index in [4.69, 9.17) is 0 Å². The molecule has 0 N–H and O–H groups in total. The molecule has 0 saturated carbocycles. The van der Waals surface area contributed by atoms with E-state index in [0.29, 0.717) is 0 Å². The minimum atomic E-state index is 0.816. The van der Waals surface area contributed by atoms with Gasteiger partial charge in [-0.2, -0.15) is 0 Å². The highest BCUT2D eigenvalue weighted by Crippen LogP contribution is 2.05. The van der Waals surface area contributed by atoms with Crippen LogP contribution in [0.2, 0.25) is 0 Å². The maximum atomic E-state index is 4.23. The Morgan fingerprint density at radius 1 is 1.38 bits per heavy atom. The van der Waals surface area contributed by atoms with Crippen LogP contribution in [-0.2, 0) is 6.42 Å². The first-order chi connectivity index (χ1) is 6.36. The Kier molecular flexibility index (Phi) is 3.71. The Morgan fingerprint density at radius 3 is 2.77 bits per heavy atom. The van der Waals surface area contributed by atoms with Crippen LogP contribution >= 0.6 is 0 Å². The van der Waals surface area contributed by atoms with Crippen molar-refractivity contribution in [2.75, 3.05) is 0 Å². The van der Waals surface area contributed by atoms with Crippen LogP contribution in [0, 0.1) is 0 Å². The molecule has 0 aliphatic heterocycles. The summed E-state index contributed by atoms with van der Waals surface area (Å²) < 4.78 is 0. The van der Waals surface area contributed by atoms with Crippen molar-refractivity contribution in [2.45, 2.75) is 6.42 Å². The highest BCUT2D eigenvalue weighted by atomic mass is 14.7. The lowest BCUT2D eigenvalue weighted by atomic mass is 10.1. The Bertz CT molecular complexity index is 309. The third kappa shape index (κ3) is 3.08. The van der Waals surface area contributed by atoms with Crippen molar-refractivity contribution < 1.29 is 0 Å². The van der Waals surface area contributed by atoms with Crippen molar-refractivity contribution in [3.05, 3.63) is 67.0 Å². The molecule has 1 heterocycles. The van der Waals surface area contributed by atoms with Gasteiger partial charge in [0.1, 0.15) is 0 Å². The first kappa shape index (κ1) is 9.46.